The Hall–Kier alpha value is -4.07. The first kappa shape index (κ1) is 17.7. The highest BCUT2D eigenvalue weighted by atomic mass is 16.3. The molecule has 3 rings (SSSR count). The highest BCUT2D eigenvalue weighted by Crippen LogP contribution is 2.34. The van der Waals surface area contributed by atoms with Gasteiger partial charge in [0.15, 0.2) is 5.82 Å². The van der Waals surface area contributed by atoms with Gasteiger partial charge in [0.2, 0.25) is 0 Å². The number of rotatable bonds is 5. The van der Waals surface area contributed by atoms with Crippen molar-refractivity contribution in [2.75, 3.05) is 5.32 Å². The third-order valence-electron chi connectivity index (χ3n) is 3.67. The predicted molar refractivity (Wildman–Crippen MR) is 104 cm³/mol. The van der Waals surface area contributed by atoms with Crippen LogP contribution in [0, 0.1) is 5.41 Å². The molecule has 8 heteroatoms. The fourth-order valence-corrected chi connectivity index (χ4v) is 2.57. The van der Waals surface area contributed by atoms with Gasteiger partial charge in [0.25, 0.3) is 0 Å². The lowest BCUT2D eigenvalue weighted by atomic mass is 10.0. The third kappa shape index (κ3) is 3.79. The van der Waals surface area contributed by atoms with Crippen LogP contribution in [-0.4, -0.2) is 26.0 Å². The molecular formula is C19H18N6O2. The number of anilines is 1. The molecule has 8 nitrogen and oxygen atoms in total. The van der Waals surface area contributed by atoms with Gasteiger partial charge in [-0.2, -0.15) is 0 Å². The topological polar surface area (TPSA) is 154 Å². The molecule has 1 aromatic heterocycles. The summed E-state index contributed by atoms with van der Waals surface area (Å²) in [5, 5.41) is 30.2. The SMILES string of the molecule is C=C(N)Nc1nc(-c2cccc(O)c2)c(-c2cccc(O)c2)nc1C(=N)N. The number of phenolic OH excluding ortho intramolecular Hbond substituents is 2. The molecule has 0 aliphatic rings. The van der Waals surface area contributed by atoms with E-state index in [1.54, 1.807) is 24.3 Å². The average Bonchev–Trinajstić information content (AvgIpc) is 2.60. The van der Waals surface area contributed by atoms with Crippen molar-refractivity contribution < 1.29 is 10.2 Å². The molecule has 0 fully saturated rings. The lowest BCUT2D eigenvalue weighted by molar-refractivity contribution is 0.475. The summed E-state index contributed by atoms with van der Waals surface area (Å²) < 4.78 is 0. The van der Waals surface area contributed by atoms with E-state index < -0.39 is 0 Å². The Balaban J connectivity index is 2.33. The molecule has 0 aliphatic carbocycles. The zero-order chi connectivity index (χ0) is 19.6. The van der Waals surface area contributed by atoms with Crippen LogP contribution in [-0.2, 0) is 0 Å². The van der Waals surface area contributed by atoms with Gasteiger partial charge in [-0.1, -0.05) is 30.8 Å². The first-order chi connectivity index (χ1) is 12.8. The molecule has 3 aromatic rings. The second kappa shape index (κ2) is 7.04. The van der Waals surface area contributed by atoms with Gasteiger partial charge >= 0.3 is 0 Å². The molecule has 27 heavy (non-hydrogen) atoms. The maximum absolute atomic E-state index is 9.85. The summed E-state index contributed by atoms with van der Waals surface area (Å²) in [5.74, 6) is 0.0775. The van der Waals surface area contributed by atoms with Crippen LogP contribution >= 0.6 is 0 Å². The summed E-state index contributed by atoms with van der Waals surface area (Å²) in [4.78, 5) is 9.00. The van der Waals surface area contributed by atoms with Gasteiger partial charge in [0, 0.05) is 11.1 Å². The molecule has 8 N–H and O–H groups in total. The van der Waals surface area contributed by atoms with Gasteiger partial charge in [-0.25, -0.2) is 9.97 Å². The maximum atomic E-state index is 9.85. The third-order valence-corrected chi connectivity index (χ3v) is 3.67. The number of phenols is 2. The molecule has 0 bridgehead atoms. The first-order valence-electron chi connectivity index (χ1n) is 7.92. The maximum Gasteiger partial charge on any atom is 0.162 e. The van der Waals surface area contributed by atoms with Gasteiger partial charge in [-0.3, -0.25) is 5.41 Å². The second-order valence-electron chi connectivity index (χ2n) is 5.78. The number of aromatic hydroxyl groups is 2. The van der Waals surface area contributed by atoms with Crippen molar-refractivity contribution in [2.45, 2.75) is 0 Å². The van der Waals surface area contributed by atoms with Crippen LogP contribution in [0.15, 0.2) is 60.9 Å². The van der Waals surface area contributed by atoms with Gasteiger partial charge in [-0.05, 0) is 24.3 Å². The largest absolute Gasteiger partial charge is 0.508 e. The molecular weight excluding hydrogens is 344 g/mol. The molecule has 0 aliphatic heterocycles. The second-order valence-corrected chi connectivity index (χ2v) is 5.78. The van der Waals surface area contributed by atoms with Crippen molar-refractivity contribution in [1.82, 2.24) is 9.97 Å². The highest BCUT2D eigenvalue weighted by molar-refractivity contribution is 5.99. The number of benzene rings is 2. The molecule has 0 unspecified atom stereocenters. The van der Waals surface area contributed by atoms with E-state index in [2.05, 4.69) is 21.9 Å². The molecule has 0 saturated carbocycles. The van der Waals surface area contributed by atoms with Crippen molar-refractivity contribution in [2.24, 2.45) is 11.5 Å². The average molecular weight is 362 g/mol. The van der Waals surface area contributed by atoms with Crippen LogP contribution in [0.4, 0.5) is 5.82 Å². The summed E-state index contributed by atoms with van der Waals surface area (Å²) in [6.45, 7) is 3.57. The summed E-state index contributed by atoms with van der Waals surface area (Å²) in [5.41, 5.74) is 13.3. The van der Waals surface area contributed by atoms with Crippen LogP contribution in [0.1, 0.15) is 5.69 Å². The van der Waals surface area contributed by atoms with Crippen molar-refractivity contribution in [3.8, 4) is 34.0 Å². The number of nitrogens with one attached hydrogen (secondary N) is 2. The van der Waals surface area contributed by atoms with Crippen molar-refractivity contribution in [1.29, 1.82) is 5.41 Å². The lowest BCUT2D eigenvalue weighted by Crippen LogP contribution is -2.20. The minimum Gasteiger partial charge on any atom is -0.508 e. The minimum absolute atomic E-state index is 0.0538. The van der Waals surface area contributed by atoms with E-state index in [0.717, 1.165) is 0 Å². The lowest BCUT2D eigenvalue weighted by Gasteiger charge is -2.15. The molecule has 0 amide bonds. The van der Waals surface area contributed by atoms with E-state index >= 15 is 0 Å². The number of hydrogen-bond acceptors (Lipinski definition) is 7. The first-order valence-corrected chi connectivity index (χ1v) is 7.92. The minimum atomic E-state index is -0.310. The van der Waals surface area contributed by atoms with E-state index in [9.17, 15) is 10.2 Å². The van der Waals surface area contributed by atoms with Crippen LogP contribution < -0.4 is 16.8 Å². The number of aromatic nitrogens is 2. The molecule has 0 saturated heterocycles. The summed E-state index contributed by atoms with van der Waals surface area (Å²) in [6.07, 6.45) is 0. The summed E-state index contributed by atoms with van der Waals surface area (Å²) in [6, 6.07) is 13.0. The van der Waals surface area contributed by atoms with Crippen LogP contribution in [0.3, 0.4) is 0 Å². The molecule has 2 aromatic carbocycles. The Morgan fingerprint density at radius 3 is 1.89 bits per heavy atom. The number of nitrogens with zero attached hydrogens (tertiary/aromatic N) is 2. The summed E-state index contributed by atoms with van der Waals surface area (Å²) >= 11 is 0. The van der Waals surface area contributed by atoms with Gasteiger partial charge in [0.1, 0.15) is 23.0 Å². The number of hydrogen-bond donors (Lipinski definition) is 6. The zero-order valence-corrected chi connectivity index (χ0v) is 14.3. The van der Waals surface area contributed by atoms with Gasteiger partial charge in [-0.15, -0.1) is 0 Å². The number of nitrogen functional groups attached to an aromatic ring is 1. The van der Waals surface area contributed by atoms with E-state index in [4.69, 9.17) is 16.9 Å². The predicted octanol–water partition coefficient (Wildman–Crippen LogP) is 2.35. The van der Waals surface area contributed by atoms with Crippen molar-refractivity contribution >= 4 is 11.7 Å². The van der Waals surface area contributed by atoms with Gasteiger partial charge < -0.3 is 27.0 Å². The number of nitrogens with two attached hydrogens (primary N) is 2. The van der Waals surface area contributed by atoms with E-state index in [1.165, 1.54) is 24.3 Å². The Morgan fingerprint density at radius 2 is 1.44 bits per heavy atom. The highest BCUT2D eigenvalue weighted by Gasteiger charge is 2.19. The Morgan fingerprint density at radius 1 is 0.926 bits per heavy atom. The Bertz CT molecular complexity index is 1050. The number of amidine groups is 1. The smallest absolute Gasteiger partial charge is 0.162 e. The molecule has 136 valence electrons. The van der Waals surface area contributed by atoms with Crippen molar-refractivity contribution in [3.63, 3.8) is 0 Å². The summed E-state index contributed by atoms with van der Waals surface area (Å²) in [7, 11) is 0. The zero-order valence-electron chi connectivity index (χ0n) is 14.3. The molecule has 0 radical (unpaired) electrons. The van der Waals surface area contributed by atoms with E-state index in [0.29, 0.717) is 22.5 Å². The molecule has 0 spiro atoms. The molecule has 0 atom stereocenters. The fourth-order valence-electron chi connectivity index (χ4n) is 2.57. The van der Waals surface area contributed by atoms with Crippen LogP contribution in [0.25, 0.3) is 22.5 Å². The Labute approximate surface area is 155 Å². The quantitative estimate of drug-likeness (QED) is 0.301. The van der Waals surface area contributed by atoms with Crippen LogP contribution in [0.5, 0.6) is 11.5 Å². The Kier molecular flexibility index (Phi) is 4.63. The van der Waals surface area contributed by atoms with E-state index in [-0.39, 0.29) is 34.7 Å². The van der Waals surface area contributed by atoms with Crippen molar-refractivity contribution in [3.05, 3.63) is 66.6 Å². The molecule has 1 heterocycles. The van der Waals surface area contributed by atoms with Crippen LogP contribution in [0.2, 0.25) is 0 Å². The normalized spacial score (nSPS) is 10.4. The fraction of sp³-hybridized carbons (Fsp3) is 0. The van der Waals surface area contributed by atoms with Gasteiger partial charge in [0.05, 0.1) is 17.2 Å². The standard InChI is InChI=1S/C19H18N6O2/c1-10(20)23-19-17(18(21)22)24-15(11-4-2-6-13(26)8-11)16(25-19)12-5-3-7-14(27)9-12/h2-9,26-27H,1,20H2,(H3,21,22)(H,23,25). The monoisotopic (exact) mass is 362 g/mol. The van der Waals surface area contributed by atoms with E-state index in [1.807, 2.05) is 0 Å².